The lowest BCUT2D eigenvalue weighted by atomic mass is 10.1. The molecule has 0 amide bonds. The van der Waals surface area contributed by atoms with E-state index in [1.165, 1.54) is 24.3 Å². The average molecular weight is 372 g/mol. The fourth-order valence-corrected chi connectivity index (χ4v) is 2.75. The number of alkyl halides is 2. The summed E-state index contributed by atoms with van der Waals surface area (Å²) in [6.45, 7) is 1.41. The lowest BCUT2D eigenvalue weighted by Crippen LogP contribution is -2.21. The number of carbonyl (C=O) groups is 1. The summed E-state index contributed by atoms with van der Waals surface area (Å²) in [5.74, 6) is -0.282. The van der Waals surface area contributed by atoms with Crippen LogP contribution in [0, 0.1) is 15.5 Å². The van der Waals surface area contributed by atoms with Crippen LogP contribution in [-0.2, 0) is 16.1 Å². The molecule has 0 bridgehead atoms. The first kappa shape index (κ1) is 16.7. The minimum Gasteiger partial charge on any atom is -0.455 e. The Bertz CT molecular complexity index is 805. The Morgan fingerprint density at radius 2 is 2.00 bits per heavy atom. The van der Waals surface area contributed by atoms with Crippen LogP contribution in [0.3, 0.4) is 0 Å². The highest BCUT2D eigenvalue weighted by Gasteiger charge is 2.69. The maximum atomic E-state index is 11.9. The van der Waals surface area contributed by atoms with Gasteiger partial charge in [0.1, 0.15) is 9.75 Å². The van der Waals surface area contributed by atoms with Crippen LogP contribution in [0.25, 0.3) is 11.5 Å². The van der Waals surface area contributed by atoms with Crippen molar-refractivity contribution in [3.63, 3.8) is 0 Å². The molecule has 0 N–H and O–H groups in total. The quantitative estimate of drug-likeness (QED) is 0.343. The Hall–Kier alpha value is -2.19. The molecule has 1 aromatic carbocycles. The second kappa shape index (κ2) is 5.71. The summed E-state index contributed by atoms with van der Waals surface area (Å²) in [5, 5.41) is 18.2. The maximum absolute atomic E-state index is 11.9. The van der Waals surface area contributed by atoms with Crippen LogP contribution in [0.5, 0.6) is 0 Å². The number of hydrogen-bond acceptors (Lipinski definition) is 7. The summed E-state index contributed by atoms with van der Waals surface area (Å²) in [5.41, 5.74) is -0.465. The molecule has 1 aliphatic rings. The third-order valence-electron chi connectivity index (χ3n) is 3.83. The van der Waals surface area contributed by atoms with Crippen LogP contribution in [0.15, 0.2) is 28.7 Å². The molecular formula is C14H11Cl2N3O5. The van der Waals surface area contributed by atoms with Gasteiger partial charge in [-0.3, -0.25) is 14.9 Å². The van der Waals surface area contributed by atoms with E-state index in [0.29, 0.717) is 12.0 Å². The molecule has 1 saturated carbocycles. The molecule has 3 rings (SSSR count). The van der Waals surface area contributed by atoms with E-state index in [4.69, 9.17) is 32.4 Å². The first-order valence-corrected chi connectivity index (χ1v) is 7.61. The number of non-ortho nitro benzene ring substituents is 1. The zero-order valence-corrected chi connectivity index (χ0v) is 13.9. The lowest BCUT2D eigenvalue weighted by molar-refractivity contribution is -0.384. The highest BCUT2D eigenvalue weighted by Crippen LogP contribution is 2.64. The number of carbonyl (C=O) groups excluding carboxylic acids is 1. The monoisotopic (exact) mass is 371 g/mol. The van der Waals surface area contributed by atoms with Crippen LogP contribution < -0.4 is 0 Å². The number of esters is 1. The predicted octanol–water partition coefficient (Wildman–Crippen LogP) is 3.27. The van der Waals surface area contributed by atoms with E-state index in [9.17, 15) is 14.9 Å². The predicted molar refractivity (Wildman–Crippen MR) is 83.3 cm³/mol. The van der Waals surface area contributed by atoms with Crippen molar-refractivity contribution < 1.29 is 18.9 Å². The second-order valence-corrected chi connectivity index (χ2v) is 7.08. The number of ether oxygens (including phenoxy) is 1. The summed E-state index contributed by atoms with van der Waals surface area (Å²) in [7, 11) is 0. The number of nitro groups is 1. The third-order valence-corrected chi connectivity index (χ3v) is 4.93. The highest BCUT2D eigenvalue weighted by atomic mass is 35.5. The Morgan fingerprint density at radius 3 is 2.54 bits per heavy atom. The van der Waals surface area contributed by atoms with E-state index in [1.54, 1.807) is 6.92 Å². The van der Waals surface area contributed by atoms with Crippen LogP contribution in [0.1, 0.15) is 19.2 Å². The molecule has 0 spiro atoms. The molecule has 8 nitrogen and oxygen atoms in total. The summed E-state index contributed by atoms with van der Waals surface area (Å²) >= 11 is 11.8. The maximum Gasteiger partial charge on any atom is 0.315 e. The molecule has 1 aliphatic carbocycles. The van der Waals surface area contributed by atoms with Gasteiger partial charge in [-0.2, -0.15) is 0 Å². The van der Waals surface area contributed by atoms with Crippen molar-refractivity contribution in [2.24, 2.45) is 5.41 Å². The van der Waals surface area contributed by atoms with E-state index in [-0.39, 0.29) is 24.1 Å². The topological polar surface area (TPSA) is 108 Å². The van der Waals surface area contributed by atoms with Crippen molar-refractivity contribution >= 4 is 34.9 Å². The molecule has 0 saturated heterocycles. The van der Waals surface area contributed by atoms with Crippen molar-refractivity contribution in [1.82, 2.24) is 10.2 Å². The van der Waals surface area contributed by atoms with Gasteiger partial charge >= 0.3 is 5.97 Å². The molecule has 24 heavy (non-hydrogen) atoms. The van der Waals surface area contributed by atoms with Gasteiger partial charge in [0.25, 0.3) is 11.6 Å². The average Bonchev–Trinajstić information content (AvgIpc) is 2.90. The minimum atomic E-state index is -1.11. The lowest BCUT2D eigenvalue weighted by Gasteiger charge is -2.09. The van der Waals surface area contributed by atoms with Gasteiger partial charge in [0.05, 0.1) is 4.92 Å². The molecular weight excluding hydrogens is 361 g/mol. The number of nitro benzene ring substituents is 1. The van der Waals surface area contributed by atoms with E-state index in [1.807, 2.05) is 0 Å². The van der Waals surface area contributed by atoms with Crippen molar-refractivity contribution in [3.8, 4) is 11.5 Å². The second-order valence-electron chi connectivity index (χ2n) is 5.59. The number of benzene rings is 1. The highest BCUT2D eigenvalue weighted by molar-refractivity contribution is 6.53. The first-order valence-electron chi connectivity index (χ1n) is 6.85. The first-order chi connectivity index (χ1) is 11.2. The largest absolute Gasteiger partial charge is 0.455 e. The van der Waals surface area contributed by atoms with Crippen LogP contribution >= 0.6 is 23.2 Å². The van der Waals surface area contributed by atoms with Gasteiger partial charge in [0.15, 0.2) is 6.61 Å². The molecule has 0 aliphatic heterocycles. The molecule has 1 heterocycles. The Morgan fingerprint density at radius 1 is 1.38 bits per heavy atom. The fourth-order valence-electron chi connectivity index (χ4n) is 2.06. The zero-order chi connectivity index (χ0) is 17.5. The van der Waals surface area contributed by atoms with Gasteiger partial charge in [-0.25, -0.2) is 0 Å². The Kier molecular flexibility index (Phi) is 3.97. The number of nitrogens with zero attached hydrogens (tertiary/aromatic N) is 3. The van der Waals surface area contributed by atoms with Gasteiger partial charge in [-0.05, 0) is 19.1 Å². The Labute approximate surface area is 145 Å². The molecule has 126 valence electrons. The minimum absolute atomic E-state index is 0.0456. The van der Waals surface area contributed by atoms with E-state index in [2.05, 4.69) is 10.2 Å². The van der Waals surface area contributed by atoms with Gasteiger partial charge < -0.3 is 9.15 Å². The van der Waals surface area contributed by atoms with E-state index < -0.39 is 20.6 Å². The summed E-state index contributed by atoms with van der Waals surface area (Å²) in [6, 6.07) is 5.63. The summed E-state index contributed by atoms with van der Waals surface area (Å²) in [4.78, 5) is 22.1. The SMILES string of the molecule is C[C@@]1(C(=O)OCc2nnc(-c3ccc([N+](=O)[O-])cc3)o2)CC1(Cl)Cl. The smallest absolute Gasteiger partial charge is 0.315 e. The third kappa shape index (κ3) is 2.94. The fraction of sp³-hybridized carbons (Fsp3) is 0.357. The van der Waals surface area contributed by atoms with Gasteiger partial charge in [-0.15, -0.1) is 33.4 Å². The van der Waals surface area contributed by atoms with E-state index >= 15 is 0 Å². The molecule has 1 atom stereocenters. The molecule has 0 radical (unpaired) electrons. The van der Waals surface area contributed by atoms with E-state index in [0.717, 1.165) is 0 Å². The van der Waals surface area contributed by atoms with Crippen LogP contribution in [0.4, 0.5) is 5.69 Å². The van der Waals surface area contributed by atoms with Gasteiger partial charge in [0, 0.05) is 24.1 Å². The zero-order valence-electron chi connectivity index (χ0n) is 12.4. The summed E-state index contributed by atoms with van der Waals surface area (Å²) < 4.78 is 9.36. The molecule has 2 aromatic rings. The summed E-state index contributed by atoms with van der Waals surface area (Å²) in [6.07, 6.45) is 0.319. The van der Waals surface area contributed by atoms with Gasteiger partial charge in [0.2, 0.25) is 5.89 Å². The molecule has 0 unspecified atom stereocenters. The number of hydrogen-bond donors (Lipinski definition) is 0. The van der Waals surface area contributed by atoms with Gasteiger partial charge in [-0.1, -0.05) is 0 Å². The van der Waals surface area contributed by atoms with Crippen LogP contribution in [-0.4, -0.2) is 25.4 Å². The number of halogens is 2. The van der Waals surface area contributed by atoms with Crippen molar-refractivity contribution in [2.45, 2.75) is 24.3 Å². The molecule has 10 heteroatoms. The molecule has 1 fully saturated rings. The van der Waals surface area contributed by atoms with Crippen molar-refractivity contribution in [1.29, 1.82) is 0 Å². The normalized spacial score (nSPS) is 21.3. The molecule has 1 aromatic heterocycles. The van der Waals surface area contributed by atoms with Crippen molar-refractivity contribution in [2.75, 3.05) is 0 Å². The standard InChI is InChI=1S/C14H11Cl2N3O5/c1-13(7-14(13,15)16)12(20)23-6-10-17-18-11(24-10)8-2-4-9(5-3-8)19(21)22/h2-5H,6-7H2,1H3/t13-/m0/s1. The number of aromatic nitrogens is 2. The van der Waals surface area contributed by atoms with Crippen LogP contribution in [0.2, 0.25) is 0 Å². The number of rotatable bonds is 5. The van der Waals surface area contributed by atoms with Crippen molar-refractivity contribution in [3.05, 3.63) is 40.3 Å². The Balaban J connectivity index is 1.64.